The third-order valence-corrected chi connectivity index (χ3v) is 4.65. The van der Waals surface area contributed by atoms with Crippen LogP contribution in [0.2, 0.25) is 0 Å². The molecule has 6 nitrogen and oxygen atoms in total. The Kier molecular flexibility index (Phi) is 6.76. The Balaban J connectivity index is 0.00000102. The number of H-pyrrole nitrogens is 1. The zero-order valence-electron chi connectivity index (χ0n) is 16.0. The number of aryl methyl sites for hydroxylation is 3. The standard InChI is InChI=1S/C19H22N6.CH3I/c1-12-8-6-7-9-14(12)17-21-16-11-5-3-4-10-15(16)18(22-17)23-19-20-13(2)24-25-19;1-2/h6-9H,3-5,10-11H2,1-2H3,(H2,20,21,22,23,24,25);1H3. The summed E-state index contributed by atoms with van der Waals surface area (Å²) >= 11 is 2.15. The molecule has 0 unspecified atom stereocenters. The lowest BCUT2D eigenvalue weighted by molar-refractivity contribution is 0.709. The number of benzene rings is 1. The lowest BCUT2D eigenvalue weighted by Gasteiger charge is -2.14. The molecule has 2 aromatic heterocycles. The van der Waals surface area contributed by atoms with Crippen LogP contribution in [0, 0.1) is 13.8 Å². The topological polar surface area (TPSA) is 79.4 Å². The fourth-order valence-corrected chi connectivity index (χ4v) is 3.32. The van der Waals surface area contributed by atoms with Gasteiger partial charge in [-0.1, -0.05) is 53.3 Å². The molecule has 4 rings (SSSR count). The number of aromatic nitrogens is 5. The van der Waals surface area contributed by atoms with Gasteiger partial charge in [0.25, 0.3) is 0 Å². The highest BCUT2D eigenvalue weighted by Crippen LogP contribution is 2.30. The molecule has 1 aliphatic rings. The second kappa shape index (κ2) is 9.25. The van der Waals surface area contributed by atoms with Crippen LogP contribution in [0.4, 0.5) is 11.8 Å². The molecule has 3 aromatic rings. The molecule has 0 atom stereocenters. The molecule has 0 spiro atoms. The minimum absolute atomic E-state index is 0.554. The number of halogens is 1. The fourth-order valence-electron chi connectivity index (χ4n) is 3.32. The summed E-state index contributed by atoms with van der Waals surface area (Å²) in [5, 5.41) is 10.4. The molecule has 27 heavy (non-hydrogen) atoms. The molecule has 142 valence electrons. The first-order chi connectivity index (χ1) is 13.2. The molecule has 0 saturated carbocycles. The highest BCUT2D eigenvalue weighted by atomic mass is 127. The van der Waals surface area contributed by atoms with Gasteiger partial charge in [0, 0.05) is 16.8 Å². The Bertz CT molecular complexity index is 905. The molecule has 0 radical (unpaired) electrons. The molecule has 0 fully saturated rings. The van der Waals surface area contributed by atoms with Crippen molar-refractivity contribution in [1.82, 2.24) is 25.1 Å². The van der Waals surface area contributed by atoms with Crippen LogP contribution in [0.1, 0.15) is 41.9 Å². The summed E-state index contributed by atoms with van der Waals surface area (Å²) in [7, 11) is 0. The van der Waals surface area contributed by atoms with Gasteiger partial charge < -0.3 is 5.32 Å². The molecule has 2 heterocycles. The summed E-state index contributed by atoms with van der Waals surface area (Å²) in [6, 6.07) is 8.24. The largest absolute Gasteiger partial charge is 0.307 e. The second-order valence-corrected chi connectivity index (χ2v) is 6.57. The average Bonchev–Trinajstić information content (AvgIpc) is 2.94. The Labute approximate surface area is 173 Å². The Morgan fingerprint density at radius 1 is 0.963 bits per heavy atom. The summed E-state index contributed by atoms with van der Waals surface area (Å²) in [6.07, 6.45) is 5.57. The van der Waals surface area contributed by atoms with Gasteiger partial charge in [-0.05, 0) is 50.0 Å². The van der Waals surface area contributed by atoms with Crippen LogP contribution in [0.15, 0.2) is 24.3 Å². The van der Waals surface area contributed by atoms with Crippen LogP contribution in [-0.2, 0) is 12.8 Å². The molecule has 0 saturated heterocycles. The third kappa shape index (κ3) is 4.63. The zero-order valence-corrected chi connectivity index (χ0v) is 18.2. The van der Waals surface area contributed by atoms with Crippen LogP contribution in [0.5, 0.6) is 0 Å². The van der Waals surface area contributed by atoms with Gasteiger partial charge in [-0.2, -0.15) is 4.98 Å². The molecule has 0 bridgehead atoms. The van der Waals surface area contributed by atoms with E-state index in [0.29, 0.717) is 5.95 Å². The van der Waals surface area contributed by atoms with Crippen LogP contribution >= 0.6 is 22.6 Å². The van der Waals surface area contributed by atoms with E-state index in [1.807, 2.05) is 24.0 Å². The number of anilines is 2. The number of nitrogens with zero attached hydrogens (tertiary/aromatic N) is 4. The van der Waals surface area contributed by atoms with Gasteiger partial charge in [0.05, 0.1) is 0 Å². The maximum atomic E-state index is 4.91. The highest BCUT2D eigenvalue weighted by Gasteiger charge is 2.19. The first kappa shape index (κ1) is 19.7. The third-order valence-electron chi connectivity index (χ3n) is 4.65. The van der Waals surface area contributed by atoms with E-state index in [-0.39, 0.29) is 0 Å². The number of hydrogen-bond donors (Lipinski definition) is 2. The quantitative estimate of drug-likeness (QED) is 0.318. The van der Waals surface area contributed by atoms with E-state index in [9.17, 15) is 0 Å². The number of rotatable bonds is 3. The van der Waals surface area contributed by atoms with Crippen molar-refractivity contribution >= 4 is 34.4 Å². The molecule has 1 aliphatic carbocycles. The van der Waals surface area contributed by atoms with Crippen LogP contribution in [-0.4, -0.2) is 30.1 Å². The SMILES string of the molecule is CI.Cc1nc(Nc2nc(-c3ccccc3C)nc3c2CCCCC3)n[nH]1. The van der Waals surface area contributed by atoms with Gasteiger partial charge in [-0.3, -0.25) is 5.10 Å². The predicted molar refractivity (Wildman–Crippen MR) is 118 cm³/mol. The van der Waals surface area contributed by atoms with Crippen LogP contribution in [0.25, 0.3) is 11.4 Å². The van der Waals surface area contributed by atoms with E-state index < -0.39 is 0 Å². The number of fused-ring (bicyclic) bond motifs is 1. The normalized spacial score (nSPS) is 13.2. The van der Waals surface area contributed by atoms with Crippen LogP contribution < -0.4 is 5.32 Å². The second-order valence-electron chi connectivity index (χ2n) is 6.57. The van der Waals surface area contributed by atoms with Crippen molar-refractivity contribution in [2.24, 2.45) is 0 Å². The average molecular weight is 476 g/mol. The summed E-state index contributed by atoms with van der Waals surface area (Å²) in [5.41, 5.74) is 4.61. The molecular weight excluding hydrogens is 451 g/mol. The zero-order chi connectivity index (χ0) is 19.2. The molecule has 7 heteroatoms. The molecular formula is C20H25IN6. The van der Waals surface area contributed by atoms with E-state index in [1.165, 1.54) is 30.4 Å². The Morgan fingerprint density at radius 2 is 1.74 bits per heavy atom. The summed E-state index contributed by atoms with van der Waals surface area (Å²) in [6.45, 7) is 3.98. The summed E-state index contributed by atoms with van der Waals surface area (Å²) < 4.78 is 0. The van der Waals surface area contributed by atoms with Gasteiger partial charge in [-0.25, -0.2) is 9.97 Å². The maximum Gasteiger partial charge on any atom is 0.247 e. The molecule has 0 aliphatic heterocycles. The van der Waals surface area contributed by atoms with Gasteiger partial charge in [0.2, 0.25) is 5.95 Å². The first-order valence-corrected chi connectivity index (χ1v) is 11.4. The van der Waals surface area contributed by atoms with E-state index in [2.05, 4.69) is 62.1 Å². The predicted octanol–water partition coefficient (Wildman–Crippen LogP) is 4.94. The van der Waals surface area contributed by atoms with Gasteiger partial charge in [0.1, 0.15) is 11.6 Å². The Morgan fingerprint density at radius 3 is 2.48 bits per heavy atom. The van der Waals surface area contributed by atoms with E-state index in [4.69, 9.17) is 9.97 Å². The number of hydrogen-bond acceptors (Lipinski definition) is 5. The van der Waals surface area contributed by atoms with Crippen molar-refractivity contribution in [3.63, 3.8) is 0 Å². The van der Waals surface area contributed by atoms with Crippen molar-refractivity contribution in [2.75, 3.05) is 10.2 Å². The lowest BCUT2D eigenvalue weighted by Crippen LogP contribution is -2.08. The van der Waals surface area contributed by atoms with Crippen molar-refractivity contribution in [2.45, 2.75) is 46.0 Å². The summed E-state index contributed by atoms with van der Waals surface area (Å²) in [5.74, 6) is 2.94. The molecule has 0 amide bonds. The summed E-state index contributed by atoms with van der Waals surface area (Å²) in [4.78, 5) is 16.1. The smallest absolute Gasteiger partial charge is 0.247 e. The number of nitrogens with one attached hydrogen (secondary N) is 2. The minimum atomic E-state index is 0.554. The van der Waals surface area contributed by atoms with E-state index in [1.54, 1.807) is 0 Å². The van der Waals surface area contributed by atoms with E-state index >= 15 is 0 Å². The monoisotopic (exact) mass is 476 g/mol. The minimum Gasteiger partial charge on any atom is -0.307 e. The van der Waals surface area contributed by atoms with Gasteiger partial charge in [-0.15, -0.1) is 5.10 Å². The molecule has 2 N–H and O–H groups in total. The van der Waals surface area contributed by atoms with Crippen LogP contribution in [0.3, 0.4) is 0 Å². The Hall–Kier alpha value is -2.03. The maximum absolute atomic E-state index is 4.91. The van der Waals surface area contributed by atoms with Crippen molar-refractivity contribution in [1.29, 1.82) is 0 Å². The van der Waals surface area contributed by atoms with Gasteiger partial charge in [0.15, 0.2) is 5.82 Å². The fraction of sp³-hybridized carbons (Fsp3) is 0.400. The number of aromatic amines is 1. The first-order valence-electron chi connectivity index (χ1n) is 9.20. The van der Waals surface area contributed by atoms with E-state index in [0.717, 1.165) is 41.6 Å². The molecule has 1 aromatic carbocycles. The highest BCUT2D eigenvalue weighted by molar-refractivity contribution is 14.1. The number of alkyl halides is 1. The van der Waals surface area contributed by atoms with Crippen molar-refractivity contribution in [3.8, 4) is 11.4 Å². The van der Waals surface area contributed by atoms with Crippen molar-refractivity contribution < 1.29 is 0 Å². The lowest BCUT2D eigenvalue weighted by atomic mass is 10.1. The van der Waals surface area contributed by atoms with Crippen molar-refractivity contribution in [3.05, 3.63) is 46.9 Å². The van der Waals surface area contributed by atoms with Gasteiger partial charge >= 0.3 is 0 Å².